The minimum absolute atomic E-state index is 0.260. The van der Waals surface area contributed by atoms with E-state index in [4.69, 9.17) is 14.2 Å². The molecule has 0 saturated carbocycles. The normalized spacial score (nSPS) is 19.8. The van der Waals surface area contributed by atoms with Crippen LogP contribution in [0.5, 0.6) is 17.2 Å². The molecular weight excluding hydrogens is 328 g/mol. The Labute approximate surface area is 155 Å². The number of hydrogen-bond acceptors (Lipinski definition) is 5. The van der Waals surface area contributed by atoms with Gasteiger partial charge in [0.15, 0.2) is 0 Å². The quantitative estimate of drug-likeness (QED) is 0.797. The molecule has 0 aromatic heterocycles. The fraction of sp³-hybridized carbons (Fsp3) is 0.429. The maximum atomic E-state index is 5.50. The fourth-order valence-corrected chi connectivity index (χ4v) is 3.55. The van der Waals surface area contributed by atoms with Gasteiger partial charge in [0.05, 0.1) is 21.3 Å². The Balaban J connectivity index is 1.75. The molecule has 2 atom stereocenters. The van der Waals surface area contributed by atoms with Crippen molar-refractivity contribution in [3.05, 3.63) is 53.6 Å². The average Bonchev–Trinajstić information content (AvgIpc) is 2.72. The third-order valence-electron chi connectivity index (χ3n) is 4.95. The summed E-state index contributed by atoms with van der Waals surface area (Å²) in [5.74, 6) is 2.61. The van der Waals surface area contributed by atoms with Crippen LogP contribution in [-0.2, 0) is 6.54 Å². The molecule has 2 aromatic rings. The molecule has 2 aromatic carbocycles. The molecule has 5 heteroatoms. The molecule has 5 nitrogen and oxygen atoms in total. The van der Waals surface area contributed by atoms with Crippen molar-refractivity contribution in [2.75, 3.05) is 27.9 Å². The van der Waals surface area contributed by atoms with Crippen molar-refractivity contribution < 1.29 is 14.2 Å². The maximum absolute atomic E-state index is 5.50. The predicted octanol–water partition coefficient (Wildman–Crippen LogP) is 3.30. The van der Waals surface area contributed by atoms with Crippen molar-refractivity contribution in [3.8, 4) is 17.2 Å². The number of methoxy groups -OCH3 is 3. The van der Waals surface area contributed by atoms with Gasteiger partial charge in [-0.05, 0) is 55.3 Å². The number of nitrogens with one attached hydrogen (secondary N) is 2. The molecule has 2 N–H and O–H groups in total. The van der Waals surface area contributed by atoms with E-state index in [-0.39, 0.29) is 6.04 Å². The standard InChI is InChI=1S/C21H28N2O3/c1-24-17-7-4-6-15(12-17)21-19(8-5-11-22-21)23-14-16-13-18(25-2)9-10-20(16)26-3/h4,6-7,9-10,12-13,19,21-23H,5,8,11,14H2,1-3H3/t19-,21-/m1/s1. The van der Waals surface area contributed by atoms with E-state index in [1.807, 2.05) is 30.3 Å². The summed E-state index contributed by atoms with van der Waals surface area (Å²) in [5.41, 5.74) is 2.35. The Kier molecular flexibility index (Phi) is 6.36. The summed E-state index contributed by atoms with van der Waals surface area (Å²) in [7, 11) is 5.09. The van der Waals surface area contributed by atoms with Crippen molar-refractivity contribution in [2.45, 2.75) is 31.5 Å². The van der Waals surface area contributed by atoms with Crippen molar-refractivity contribution in [3.63, 3.8) is 0 Å². The highest BCUT2D eigenvalue weighted by Gasteiger charge is 2.26. The molecule has 1 heterocycles. The monoisotopic (exact) mass is 356 g/mol. The summed E-state index contributed by atoms with van der Waals surface area (Å²) in [5, 5.41) is 7.36. The van der Waals surface area contributed by atoms with E-state index >= 15 is 0 Å². The van der Waals surface area contributed by atoms with Crippen molar-refractivity contribution in [2.24, 2.45) is 0 Å². The molecule has 1 aliphatic rings. The lowest BCUT2D eigenvalue weighted by atomic mass is 9.92. The highest BCUT2D eigenvalue weighted by molar-refractivity contribution is 5.40. The van der Waals surface area contributed by atoms with Crippen LogP contribution in [0.1, 0.15) is 30.0 Å². The van der Waals surface area contributed by atoms with Crippen LogP contribution in [0.25, 0.3) is 0 Å². The Morgan fingerprint density at radius 2 is 1.81 bits per heavy atom. The predicted molar refractivity (Wildman–Crippen MR) is 103 cm³/mol. The minimum Gasteiger partial charge on any atom is -0.497 e. The molecule has 0 radical (unpaired) electrons. The van der Waals surface area contributed by atoms with Crippen molar-refractivity contribution in [1.29, 1.82) is 0 Å². The SMILES string of the molecule is COc1cccc([C@H]2NCCC[C@H]2NCc2cc(OC)ccc2OC)c1. The van der Waals surface area contributed by atoms with Gasteiger partial charge in [0.2, 0.25) is 0 Å². The molecule has 0 spiro atoms. The zero-order chi connectivity index (χ0) is 18.4. The molecule has 0 unspecified atom stereocenters. The van der Waals surface area contributed by atoms with E-state index in [9.17, 15) is 0 Å². The van der Waals surface area contributed by atoms with Crippen LogP contribution >= 0.6 is 0 Å². The number of benzene rings is 2. The van der Waals surface area contributed by atoms with E-state index in [1.165, 1.54) is 5.56 Å². The highest BCUT2D eigenvalue weighted by atomic mass is 16.5. The van der Waals surface area contributed by atoms with E-state index in [1.54, 1.807) is 21.3 Å². The number of hydrogen-bond donors (Lipinski definition) is 2. The largest absolute Gasteiger partial charge is 0.497 e. The van der Waals surface area contributed by atoms with Gasteiger partial charge in [-0.25, -0.2) is 0 Å². The second kappa shape index (κ2) is 8.92. The lowest BCUT2D eigenvalue weighted by Crippen LogP contribution is -2.45. The van der Waals surface area contributed by atoms with Crippen molar-refractivity contribution in [1.82, 2.24) is 10.6 Å². The van der Waals surface area contributed by atoms with Crippen LogP contribution in [0.3, 0.4) is 0 Å². The summed E-state index contributed by atoms with van der Waals surface area (Å²) in [6.07, 6.45) is 2.29. The third kappa shape index (κ3) is 4.29. The molecule has 0 amide bonds. The molecule has 26 heavy (non-hydrogen) atoms. The summed E-state index contributed by atoms with van der Waals surface area (Å²) >= 11 is 0. The summed E-state index contributed by atoms with van der Waals surface area (Å²) < 4.78 is 16.2. The van der Waals surface area contributed by atoms with Crippen LogP contribution < -0.4 is 24.8 Å². The smallest absolute Gasteiger partial charge is 0.123 e. The first-order chi connectivity index (χ1) is 12.7. The number of piperidine rings is 1. The van der Waals surface area contributed by atoms with E-state index in [2.05, 4.69) is 22.8 Å². The van der Waals surface area contributed by atoms with Gasteiger partial charge in [0.1, 0.15) is 17.2 Å². The van der Waals surface area contributed by atoms with Crippen LogP contribution in [0.15, 0.2) is 42.5 Å². The lowest BCUT2D eigenvalue weighted by Gasteiger charge is -2.34. The summed E-state index contributed by atoms with van der Waals surface area (Å²) in [6.45, 7) is 1.76. The van der Waals surface area contributed by atoms with Gasteiger partial charge >= 0.3 is 0 Å². The highest BCUT2D eigenvalue weighted by Crippen LogP contribution is 2.28. The molecule has 3 rings (SSSR count). The number of rotatable bonds is 7. The second-order valence-corrected chi connectivity index (χ2v) is 6.52. The molecule has 1 aliphatic heterocycles. The minimum atomic E-state index is 0.260. The van der Waals surface area contributed by atoms with E-state index in [0.717, 1.165) is 48.7 Å². The summed E-state index contributed by atoms with van der Waals surface area (Å²) in [6, 6.07) is 14.8. The summed E-state index contributed by atoms with van der Waals surface area (Å²) in [4.78, 5) is 0. The maximum Gasteiger partial charge on any atom is 0.123 e. The van der Waals surface area contributed by atoms with Gasteiger partial charge in [-0.3, -0.25) is 0 Å². The van der Waals surface area contributed by atoms with E-state index in [0.29, 0.717) is 6.04 Å². The second-order valence-electron chi connectivity index (χ2n) is 6.52. The third-order valence-corrected chi connectivity index (χ3v) is 4.95. The molecule has 1 fully saturated rings. The molecular formula is C21H28N2O3. The first-order valence-corrected chi connectivity index (χ1v) is 9.06. The topological polar surface area (TPSA) is 51.8 Å². The average molecular weight is 356 g/mol. The van der Waals surface area contributed by atoms with Gasteiger partial charge in [0.25, 0.3) is 0 Å². The zero-order valence-electron chi connectivity index (χ0n) is 15.7. The number of ether oxygens (including phenoxy) is 3. The molecule has 0 aliphatic carbocycles. The zero-order valence-corrected chi connectivity index (χ0v) is 15.7. The van der Waals surface area contributed by atoms with Gasteiger partial charge in [-0.15, -0.1) is 0 Å². The first kappa shape index (κ1) is 18.5. The van der Waals surface area contributed by atoms with Gasteiger partial charge in [-0.2, -0.15) is 0 Å². The Morgan fingerprint density at radius 1 is 1.00 bits per heavy atom. The van der Waals surface area contributed by atoms with Gasteiger partial charge in [-0.1, -0.05) is 12.1 Å². The Morgan fingerprint density at radius 3 is 2.58 bits per heavy atom. The van der Waals surface area contributed by atoms with Crippen LogP contribution in [0.4, 0.5) is 0 Å². The van der Waals surface area contributed by atoms with Gasteiger partial charge in [0, 0.05) is 24.2 Å². The van der Waals surface area contributed by atoms with E-state index < -0.39 is 0 Å². The van der Waals surface area contributed by atoms with Crippen LogP contribution in [0.2, 0.25) is 0 Å². The molecule has 0 bridgehead atoms. The molecule has 1 saturated heterocycles. The van der Waals surface area contributed by atoms with Gasteiger partial charge < -0.3 is 24.8 Å². The Bertz CT molecular complexity index is 720. The Hall–Kier alpha value is -2.24. The van der Waals surface area contributed by atoms with Crippen LogP contribution in [0, 0.1) is 0 Å². The lowest BCUT2D eigenvalue weighted by molar-refractivity contribution is 0.301. The first-order valence-electron chi connectivity index (χ1n) is 9.06. The molecule has 140 valence electrons. The van der Waals surface area contributed by atoms with Crippen LogP contribution in [-0.4, -0.2) is 33.9 Å². The fourth-order valence-electron chi connectivity index (χ4n) is 3.55. The van der Waals surface area contributed by atoms with Crippen molar-refractivity contribution >= 4 is 0 Å².